The van der Waals surface area contributed by atoms with Crippen LogP contribution in [0, 0.1) is 5.92 Å². The molecule has 1 N–H and O–H groups in total. The minimum atomic E-state index is -4.31. The molecular formula is C23H24F3N. The Morgan fingerprint density at radius 2 is 1.59 bits per heavy atom. The number of hydrogen-bond donors (Lipinski definition) is 1. The number of benzene rings is 2. The Morgan fingerprint density at radius 1 is 0.926 bits per heavy atom. The van der Waals surface area contributed by atoms with Gasteiger partial charge in [0.15, 0.2) is 0 Å². The molecule has 4 rings (SSSR count). The van der Waals surface area contributed by atoms with Crippen LogP contribution in [-0.2, 0) is 11.6 Å². The Balaban J connectivity index is 1.70. The van der Waals surface area contributed by atoms with Crippen LogP contribution in [0.5, 0.6) is 0 Å². The first-order valence-electron chi connectivity index (χ1n) is 9.39. The molecule has 1 aliphatic carbocycles. The number of nitrogens with one attached hydrogen (secondary N) is 1. The highest BCUT2D eigenvalue weighted by Gasteiger charge is 2.40. The lowest BCUT2D eigenvalue weighted by Gasteiger charge is -2.38. The molecule has 0 fully saturated rings. The second kappa shape index (κ2) is 6.15. The molecule has 0 unspecified atom stereocenters. The number of hydrogen-bond acceptors (Lipinski definition) is 1. The summed E-state index contributed by atoms with van der Waals surface area (Å²) in [5.74, 6) is 0.261. The summed E-state index contributed by atoms with van der Waals surface area (Å²) in [5, 5.41) is 3.51. The molecule has 2 aliphatic rings. The largest absolute Gasteiger partial charge is 0.416 e. The zero-order chi connectivity index (χ0) is 19.4. The molecule has 0 radical (unpaired) electrons. The maximum atomic E-state index is 13.1. The number of allylic oxidation sites excluding steroid dienone is 2. The second-order valence-corrected chi connectivity index (χ2v) is 8.65. The molecule has 1 aliphatic heterocycles. The van der Waals surface area contributed by atoms with Crippen molar-refractivity contribution in [2.24, 2.45) is 5.92 Å². The van der Waals surface area contributed by atoms with Gasteiger partial charge in [0.1, 0.15) is 0 Å². The molecule has 0 saturated carbocycles. The topological polar surface area (TPSA) is 12.0 Å². The van der Waals surface area contributed by atoms with Crippen LogP contribution in [0.15, 0.2) is 54.6 Å². The summed E-state index contributed by atoms with van der Waals surface area (Å²) < 4.78 is 39.4. The molecule has 4 heteroatoms. The molecule has 27 heavy (non-hydrogen) atoms. The van der Waals surface area contributed by atoms with Crippen molar-refractivity contribution < 1.29 is 13.2 Å². The van der Waals surface area contributed by atoms with Crippen molar-refractivity contribution in [3.8, 4) is 0 Å². The number of alkyl halides is 3. The van der Waals surface area contributed by atoms with Gasteiger partial charge in [0.05, 0.1) is 11.6 Å². The van der Waals surface area contributed by atoms with Gasteiger partial charge in [-0.3, -0.25) is 0 Å². The monoisotopic (exact) mass is 371 g/mol. The lowest BCUT2D eigenvalue weighted by Crippen LogP contribution is -2.29. The van der Waals surface area contributed by atoms with E-state index in [9.17, 15) is 13.2 Å². The number of halogens is 3. The zero-order valence-corrected chi connectivity index (χ0v) is 15.8. The van der Waals surface area contributed by atoms with Crippen molar-refractivity contribution in [3.63, 3.8) is 0 Å². The third kappa shape index (κ3) is 3.26. The molecule has 0 spiro atoms. The lowest BCUT2D eigenvalue weighted by atomic mass is 9.76. The van der Waals surface area contributed by atoms with Crippen molar-refractivity contribution in [2.75, 3.05) is 5.32 Å². The average molecular weight is 371 g/mol. The molecule has 0 saturated heterocycles. The summed E-state index contributed by atoms with van der Waals surface area (Å²) in [6.07, 6.45) is 0.732. The molecule has 142 valence electrons. The van der Waals surface area contributed by atoms with Gasteiger partial charge in [-0.25, -0.2) is 0 Å². The molecule has 0 amide bonds. The van der Waals surface area contributed by atoms with E-state index >= 15 is 0 Å². The van der Waals surface area contributed by atoms with Crippen LogP contribution < -0.4 is 5.32 Å². The third-order valence-electron chi connectivity index (χ3n) is 5.83. The van der Waals surface area contributed by atoms with E-state index < -0.39 is 11.7 Å². The fourth-order valence-corrected chi connectivity index (χ4v) is 4.29. The quantitative estimate of drug-likeness (QED) is 0.542. The van der Waals surface area contributed by atoms with Crippen LogP contribution in [0.4, 0.5) is 18.9 Å². The van der Waals surface area contributed by atoms with Gasteiger partial charge in [0, 0.05) is 11.6 Å². The Hall–Kier alpha value is -2.23. The van der Waals surface area contributed by atoms with Crippen molar-refractivity contribution in [1.29, 1.82) is 0 Å². The van der Waals surface area contributed by atoms with Crippen LogP contribution in [0.1, 0.15) is 61.4 Å². The lowest BCUT2D eigenvalue weighted by molar-refractivity contribution is -0.137. The van der Waals surface area contributed by atoms with Crippen molar-refractivity contribution >= 4 is 5.69 Å². The standard InChI is InChI=1S/C23H24F3N/c1-22(2,3)15-9-7-14(8-10-15)21-18-6-4-5-17(18)19-13-16(23(24,25)26)11-12-20(19)27-21/h4-5,7-13,17-18,21,27H,6H2,1-3H3/t17-,18+,21+/m1/s1. The highest BCUT2D eigenvalue weighted by molar-refractivity contribution is 5.61. The Labute approximate surface area is 158 Å². The van der Waals surface area contributed by atoms with Crippen LogP contribution in [0.2, 0.25) is 0 Å². The van der Waals surface area contributed by atoms with Crippen molar-refractivity contribution in [1.82, 2.24) is 0 Å². The van der Waals surface area contributed by atoms with Crippen LogP contribution in [0.25, 0.3) is 0 Å². The van der Waals surface area contributed by atoms with E-state index in [0.717, 1.165) is 17.7 Å². The average Bonchev–Trinajstić information content (AvgIpc) is 3.09. The van der Waals surface area contributed by atoms with Gasteiger partial charge >= 0.3 is 6.18 Å². The minimum absolute atomic E-state index is 0.0239. The summed E-state index contributed by atoms with van der Waals surface area (Å²) in [6.45, 7) is 6.56. The van der Waals surface area contributed by atoms with Gasteiger partial charge in [-0.15, -0.1) is 0 Å². The smallest absolute Gasteiger partial charge is 0.378 e. The van der Waals surface area contributed by atoms with E-state index in [1.807, 2.05) is 0 Å². The fourth-order valence-electron chi connectivity index (χ4n) is 4.29. The fraction of sp³-hybridized carbons (Fsp3) is 0.391. The summed E-state index contributed by atoms with van der Waals surface area (Å²) in [6, 6.07) is 12.8. The van der Waals surface area contributed by atoms with Crippen molar-refractivity contribution in [3.05, 3.63) is 76.9 Å². The third-order valence-corrected chi connectivity index (χ3v) is 5.83. The van der Waals surface area contributed by atoms with E-state index in [2.05, 4.69) is 62.5 Å². The van der Waals surface area contributed by atoms with E-state index in [1.165, 1.54) is 23.3 Å². The van der Waals surface area contributed by atoms with E-state index in [1.54, 1.807) is 6.07 Å². The number of rotatable bonds is 1. The van der Waals surface area contributed by atoms with Crippen LogP contribution in [0.3, 0.4) is 0 Å². The van der Waals surface area contributed by atoms with Crippen LogP contribution in [-0.4, -0.2) is 0 Å². The van der Waals surface area contributed by atoms with Gasteiger partial charge in [-0.05, 0) is 52.6 Å². The second-order valence-electron chi connectivity index (χ2n) is 8.65. The highest BCUT2D eigenvalue weighted by atomic mass is 19.4. The summed E-state index contributed by atoms with van der Waals surface area (Å²) in [7, 11) is 0. The van der Waals surface area contributed by atoms with E-state index in [4.69, 9.17) is 0 Å². The SMILES string of the molecule is CC(C)(C)c1ccc([C@@H]2Nc3ccc(C(F)(F)F)cc3[C@@H]3C=CC[C@@H]32)cc1. The highest BCUT2D eigenvalue weighted by Crippen LogP contribution is 2.50. The molecule has 0 bridgehead atoms. The summed E-state index contributed by atoms with van der Waals surface area (Å²) in [4.78, 5) is 0. The zero-order valence-electron chi connectivity index (χ0n) is 15.8. The molecule has 1 heterocycles. The molecule has 0 aromatic heterocycles. The first-order chi connectivity index (χ1) is 12.6. The van der Waals surface area contributed by atoms with E-state index in [0.29, 0.717) is 0 Å². The van der Waals surface area contributed by atoms with Crippen LogP contribution >= 0.6 is 0 Å². The van der Waals surface area contributed by atoms with E-state index in [-0.39, 0.29) is 23.3 Å². The minimum Gasteiger partial charge on any atom is -0.378 e. The predicted octanol–water partition coefficient (Wildman–Crippen LogP) is 6.83. The van der Waals surface area contributed by atoms with Crippen molar-refractivity contribution in [2.45, 2.75) is 50.7 Å². The number of anilines is 1. The van der Waals surface area contributed by atoms with Gasteiger partial charge in [0.25, 0.3) is 0 Å². The molecule has 2 aromatic carbocycles. The molecule has 3 atom stereocenters. The molecule has 1 nitrogen and oxygen atoms in total. The normalized spacial score (nSPS) is 24.3. The van der Waals surface area contributed by atoms with Gasteiger partial charge in [0.2, 0.25) is 0 Å². The van der Waals surface area contributed by atoms with Gasteiger partial charge in [-0.1, -0.05) is 57.2 Å². The Bertz CT molecular complexity index is 872. The number of fused-ring (bicyclic) bond motifs is 3. The Kier molecular flexibility index (Phi) is 4.13. The molecular weight excluding hydrogens is 347 g/mol. The first-order valence-corrected chi connectivity index (χ1v) is 9.39. The molecule has 2 aromatic rings. The Morgan fingerprint density at radius 3 is 2.22 bits per heavy atom. The van der Waals surface area contributed by atoms with Gasteiger partial charge in [-0.2, -0.15) is 13.2 Å². The first kappa shape index (κ1) is 18.1. The summed E-state index contributed by atoms with van der Waals surface area (Å²) in [5.41, 5.74) is 3.55. The maximum absolute atomic E-state index is 13.1. The van der Waals surface area contributed by atoms with Gasteiger partial charge < -0.3 is 5.32 Å². The maximum Gasteiger partial charge on any atom is 0.416 e. The summed E-state index contributed by atoms with van der Waals surface area (Å²) >= 11 is 0. The predicted molar refractivity (Wildman–Crippen MR) is 103 cm³/mol.